The van der Waals surface area contributed by atoms with Gasteiger partial charge in [0.25, 0.3) is 0 Å². The smallest absolute Gasteiger partial charge is 0.219 e. The number of fused-ring (bicyclic) bond motifs is 1. The topological polar surface area (TPSA) is 32.8 Å². The number of likely N-dealkylation sites (tertiary alicyclic amines) is 2. The maximum atomic E-state index is 12.2. The molecule has 2 heterocycles. The average Bonchev–Trinajstić information content (AvgIpc) is 3.29. The molecule has 0 unspecified atom stereocenters. The molecule has 0 aromatic heterocycles. The molecule has 25 heavy (non-hydrogen) atoms. The van der Waals surface area contributed by atoms with Crippen LogP contribution in [0.4, 0.5) is 0 Å². The third-order valence-corrected chi connectivity index (χ3v) is 6.75. The van der Waals surface area contributed by atoms with Gasteiger partial charge in [-0.2, -0.15) is 0 Å². The summed E-state index contributed by atoms with van der Waals surface area (Å²) in [5, 5.41) is 0. The van der Waals surface area contributed by atoms with E-state index in [1.165, 1.54) is 31.2 Å². The van der Waals surface area contributed by atoms with Crippen molar-refractivity contribution in [2.24, 2.45) is 5.92 Å². The molecular weight excluding hydrogens is 312 g/mol. The summed E-state index contributed by atoms with van der Waals surface area (Å²) in [6, 6.07) is 9.69. The Kier molecular flexibility index (Phi) is 4.72. The van der Waals surface area contributed by atoms with Crippen LogP contribution in [-0.2, 0) is 4.79 Å². The number of hydrogen-bond acceptors (Lipinski definition) is 3. The predicted octanol–water partition coefficient (Wildman–Crippen LogP) is 3.27. The number of hydrogen-bond donors (Lipinski definition) is 0. The highest BCUT2D eigenvalue weighted by molar-refractivity contribution is 5.74. The molecule has 4 nitrogen and oxygen atoms in total. The molecule has 0 spiro atoms. The summed E-state index contributed by atoms with van der Waals surface area (Å²) >= 11 is 0. The number of carbonyl (C=O) groups is 1. The van der Waals surface area contributed by atoms with Crippen LogP contribution < -0.4 is 4.74 Å². The van der Waals surface area contributed by atoms with Crippen molar-refractivity contribution in [1.82, 2.24) is 9.80 Å². The first-order chi connectivity index (χ1) is 12.2. The Balaban J connectivity index is 1.57. The largest absolute Gasteiger partial charge is 0.497 e. The lowest BCUT2D eigenvalue weighted by Gasteiger charge is -2.41. The standard InChI is InChI=1S/C21H30N2O2/c1-15(24)23-14-19(16-7-9-18(25-2)10-8-16)20-13-22(12-11-21(20)23)17-5-3-4-6-17/h7-10,17,19-21H,3-6,11-14H2,1-2H3/t19-,20-,21-/m1/s1. The Morgan fingerprint density at radius 3 is 2.44 bits per heavy atom. The Bertz CT molecular complexity index is 609. The van der Waals surface area contributed by atoms with Crippen LogP contribution in [0.1, 0.15) is 50.5 Å². The third-order valence-electron chi connectivity index (χ3n) is 6.75. The van der Waals surface area contributed by atoms with E-state index in [4.69, 9.17) is 4.74 Å². The number of nitrogens with zero attached hydrogens (tertiary/aromatic N) is 2. The van der Waals surface area contributed by atoms with Crippen LogP contribution in [0.15, 0.2) is 24.3 Å². The molecule has 1 aromatic carbocycles. The molecule has 1 aliphatic carbocycles. The minimum absolute atomic E-state index is 0.236. The van der Waals surface area contributed by atoms with Gasteiger partial charge in [0, 0.05) is 50.5 Å². The van der Waals surface area contributed by atoms with Gasteiger partial charge < -0.3 is 9.64 Å². The van der Waals surface area contributed by atoms with E-state index in [1.54, 1.807) is 14.0 Å². The Morgan fingerprint density at radius 2 is 1.80 bits per heavy atom. The van der Waals surface area contributed by atoms with Gasteiger partial charge >= 0.3 is 0 Å². The third kappa shape index (κ3) is 3.17. The van der Waals surface area contributed by atoms with Crippen molar-refractivity contribution >= 4 is 5.91 Å². The highest BCUT2D eigenvalue weighted by Crippen LogP contribution is 2.43. The molecule has 1 amide bonds. The van der Waals surface area contributed by atoms with Crippen molar-refractivity contribution in [3.05, 3.63) is 29.8 Å². The van der Waals surface area contributed by atoms with E-state index in [9.17, 15) is 4.79 Å². The Morgan fingerprint density at radius 1 is 1.08 bits per heavy atom. The number of methoxy groups -OCH3 is 1. The molecule has 0 radical (unpaired) electrons. The minimum Gasteiger partial charge on any atom is -0.497 e. The number of rotatable bonds is 3. The number of amides is 1. The highest BCUT2D eigenvalue weighted by atomic mass is 16.5. The van der Waals surface area contributed by atoms with Crippen LogP contribution in [0.3, 0.4) is 0 Å². The van der Waals surface area contributed by atoms with Crippen molar-refractivity contribution < 1.29 is 9.53 Å². The van der Waals surface area contributed by atoms with Crippen LogP contribution in [0, 0.1) is 5.92 Å². The minimum atomic E-state index is 0.236. The normalized spacial score (nSPS) is 30.5. The number of carbonyl (C=O) groups excluding carboxylic acids is 1. The first kappa shape index (κ1) is 16.9. The summed E-state index contributed by atoms with van der Waals surface area (Å²) in [6.07, 6.45) is 6.63. The summed E-state index contributed by atoms with van der Waals surface area (Å²) in [6.45, 7) is 4.91. The summed E-state index contributed by atoms with van der Waals surface area (Å²) < 4.78 is 5.31. The van der Waals surface area contributed by atoms with E-state index in [0.717, 1.165) is 37.8 Å². The van der Waals surface area contributed by atoms with Gasteiger partial charge in [-0.15, -0.1) is 0 Å². The zero-order chi connectivity index (χ0) is 17.4. The van der Waals surface area contributed by atoms with Gasteiger partial charge in [0.15, 0.2) is 0 Å². The summed E-state index contributed by atoms with van der Waals surface area (Å²) in [5.41, 5.74) is 1.35. The van der Waals surface area contributed by atoms with Gasteiger partial charge in [-0.1, -0.05) is 25.0 Å². The van der Waals surface area contributed by atoms with E-state index in [-0.39, 0.29) is 5.91 Å². The summed E-state index contributed by atoms with van der Waals surface area (Å²) in [7, 11) is 1.71. The average molecular weight is 342 g/mol. The van der Waals surface area contributed by atoms with Crippen LogP contribution in [0.2, 0.25) is 0 Å². The van der Waals surface area contributed by atoms with E-state index in [2.05, 4.69) is 34.1 Å². The number of piperidine rings is 1. The van der Waals surface area contributed by atoms with E-state index in [1.807, 2.05) is 0 Å². The molecule has 1 aromatic rings. The molecule has 1 saturated carbocycles. The van der Waals surface area contributed by atoms with Crippen molar-refractivity contribution in [3.8, 4) is 5.75 Å². The second kappa shape index (κ2) is 6.99. The van der Waals surface area contributed by atoms with E-state index < -0.39 is 0 Å². The molecule has 4 rings (SSSR count). The molecule has 4 heteroatoms. The summed E-state index contributed by atoms with van der Waals surface area (Å²) in [5.74, 6) is 2.15. The fourth-order valence-electron chi connectivity index (χ4n) is 5.43. The quantitative estimate of drug-likeness (QED) is 0.845. The molecule has 0 bridgehead atoms. The van der Waals surface area contributed by atoms with Gasteiger partial charge in [0.05, 0.1) is 7.11 Å². The molecule has 2 saturated heterocycles. The highest BCUT2D eigenvalue weighted by Gasteiger charge is 2.47. The van der Waals surface area contributed by atoms with Gasteiger partial charge in [-0.25, -0.2) is 0 Å². The number of ether oxygens (including phenoxy) is 1. The van der Waals surface area contributed by atoms with Crippen LogP contribution in [0.25, 0.3) is 0 Å². The van der Waals surface area contributed by atoms with E-state index in [0.29, 0.717) is 17.9 Å². The van der Waals surface area contributed by atoms with Gasteiger partial charge in [0.1, 0.15) is 5.75 Å². The Labute approximate surface area is 151 Å². The first-order valence-corrected chi connectivity index (χ1v) is 9.82. The van der Waals surface area contributed by atoms with Crippen molar-refractivity contribution in [2.45, 2.75) is 57.0 Å². The van der Waals surface area contributed by atoms with Crippen molar-refractivity contribution in [3.63, 3.8) is 0 Å². The van der Waals surface area contributed by atoms with Crippen molar-refractivity contribution in [2.75, 3.05) is 26.7 Å². The predicted molar refractivity (Wildman–Crippen MR) is 98.8 cm³/mol. The van der Waals surface area contributed by atoms with Crippen LogP contribution in [0.5, 0.6) is 5.75 Å². The lowest BCUT2D eigenvalue weighted by Crippen LogP contribution is -2.50. The maximum Gasteiger partial charge on any atom is 0.219 e. The molecule has 136 valence electrons. The second-order valence-corrected chi connectivity index (χ2v) is 8.00. The summed E-state index contributed by atoms with van der Waals surface area (Å²) in [4.78, 5) is 17.1. The maximum absolute atomic E-state index is 12.2. The van der Waals surface area contributed by atoms with Gasteiger partial charge in [-0.3, -0.25) is 9.69 Å². The van der Waals surface area contributed by atoms with Crippen LogP contribution >= 0.6 is 0 Å². The fourth-order valence-corrected chi connectivity index (χ4v) is 5.43. The van der Waals surface area contributed by atoms with Crippen LogP contribution in [-0.4, -0.2) is 54.5 Å². The monoisotopic (exact) mass is 342 g/mol. The number of benzene rings is 1. The molecule has 3 fully saturated rings. The first-order valence-electron chi connectivity index (χ1n) is 9.82. The molecular formula is C21H30N2O2. The molecule has 3 aliphatic rings. The van der Waals surface area contributed by atoms with E-state index >= 15 is 0 Å². The van der Waals surface area contributed by atoms with Gasteiger partial charge in [0.2, 0.25) is 5.91 Å². The molecule has 3 atom stereocenters. The lowest BCUT2D eigenvalue weighted by atomic mass is 9.81. The van der Waals surface area contributed by atoms with Crippen molar-refractivity contribution in [1.29, 1.82) is 0 Å². The van der Waals surface area contributed by atoms with Gasteiger partial charge in [-0.05, 0) is 37.0 Å². The Hall–Kier alpha value is -1.55. The zero-order valence-corrected chi connectivity index (χ0v) is 15.5. The molecule has 2 aliphatic heterocycles. The second-order valence-electron chi connectivity index (χ2n) is 8.00. The zero-order valence-electron chi connectivity index (χ0n) is 15.5. The molecule has 0 N–H and O–H groups in total. The lowest BCUT2D eigenvalue weighted by molar-refractivity contribution is -0.130. The fraction of sp³-hybridized carbons (Fsp3) is 0.667. The SMILES string of the molecule is COc1ccc([C@H]2CN(C(C)=O)[C@@H]3CCN(C4CCCC4)C[C@H]23)cc1.